The summed E-state index contributed by atoms with van der Waals surface area (Å²) in [7, 11) is 0. The lowest BCUT2D eigenvalue weighted by Crippen LogP contribution is -2.32. The van der Waals surface area contributed by atoms with Gasteiger partial charge in [0.25, 0.3) is 6.01 Å². The molecular formula is C25H28F6N2O3. The Morgan fingerprint density at radius 1 is 0.806 bits per heavy atom. The van der Waals surface area contributed by atoms with Crippen LogP contribution in [0.4, 0.5) is 26.3 Å². The van der Waals surface area contributed by atoms with Gasteiger partial charge in [-0.3, -0.25) is 4.57 Å². The molecular weight excluding hydrogens is 490 g/mol. The van der Waals surface area contributed by atoms with Crippen molar-refractivity contribution in [2.45, 2.75) is 94.8 Å². The zero-order valence-corrected chi connectivity index (χ0v) is 19.6. The molecule has 0 N–H and O–H groups in total. The summed E-state index contributed by atoms with van der Waals surface area (Å²) in [6, 6.07) is 5.46. The average Bonchev–Trinajstić information content (AvgIpc) is 3.59. The molecule has 5 nitrogen and oxygen atoms in total. The molecule has 3 aliphatic rings. The number of esters is 1. The number of nitrogens with zero attached hydrogens (tertiary/aromatic N) is 2. The lowest BCUT2D eigenvalue weighted by atomic mass is 9.87. The van der Waals surface area contributed by atoms with Gasteiger partial charge in [0, 0.05) is 6.04 Å². The fourth-order valence-electron chi connectivity index (χ4n) is 5.36. The molecule has 3 fully saturated rings. The predicted molar refractivity (Wildman–Crippen MR) is 118 cm³/mol. The SMILES string of the molecule is O=C(OC1CCC(C(F)(F)F)CC1)c1ccc2c(c1)nc(OC1CCC(C(F)(F)F)CC1)n2C1CC1. The molecule has 5 rings (SSSR count). The number of hydrogen-bond donors (Lipinski definition) is 0. The van der Waals surface area contributed by atoms with Crippen LogP contribution in [0.3, 0.4) is 0 Å². The average molecular weight is 518 g/mol. The first-order valence-electron chi connectivity index (χ1n) is 12.5. The molecule has 0 unspecified atom stereocenters. The monoisotopic (exact) mass is 518 g/mol. The molecule has 1 aromatic heterocycles. The summed E-state index contributed by atoms with van der Waals surface area (Å²) in [5, 5.41) is 0. The van der Waals surface area contributed by atoms with Gasteiger partial charge in [-0.25, -0.2) is 4.79 Å². The fraction of sp³-hybridized carbons (Fsp3) is 0.680. The maximum absolute atomic E-state index is 13.0. The second-order valence-electron chi connectivity index (χ2n) is 10.3. The highest BCUT2D eigenvalue weighted by Gasteiger charge is 2.43. The molecule has 0 atom stereocenters. The van der Waals surface area contributed by atoms with Gasteiger partial charge in [-0.2, -0.15) is 31.3 Å². The number of fused-ring (bicyclic) bond motifs is 1. The van der Waals surface area contributed by atoms with Crippen molar-refractivity contribution >= 4 is 17.0 Å². The zero-order valence-electron chi connectivity index (χ0n) is 19.6. The van der Waals surface area contributed by atoms with Crippen LogP contribution in [-0.2, 0) is 4.74 Å². The summed E-state index contributed by atoms with van der Waals surface area (Å²) in [5.74, 6) is -3.25. The first-order chi connectivity index (χ1) is 17.0. The van der Waals surface area contributed by atoms with Crippen LogP contribution >= 0.6 is 0 Å². The van der Waals surface area contributed by atoms with Gasteiger partial charge in [-0.1, -0.05) is 0 Å². The number of halogens is 6. The summed E-state index contributed by atoms with van der Waals surface area (Å²) in [6.45, 7) is 0. The molecule has 0 amide bonds. The smallest absolute Gasteiger partial charge is 0.391 e. The van der Waals surface area contributed by atoms with E-state index in [1.165, 1.54) is 0 Å². The Labute approximate surface area is 204 Å². The van der Waals surface area contributed by atoms with E-state index in [1.807, 2.05) is 4.57 Å². The summed E-state index contributed by atoms with van der Waals surface area (Å²) in [4.78, 5) is 17.2. The number of imidazole rings is 1. The van der Waals surface area contributed by atoms with Gasteiger partial charge in [-0.05, 0) is 82.4 Å². The Morgan fingerprint density at radius 2 is 1.36 bits per heavy atom. The summed E-state index contributed by atoms with van der Waals surface area (Å²) < 4.78 is 91.1. The minimum Gasteiger partial charge on any atom is -0.461 e. The predicted octanol–water partition coefficient (Wildman–Crippen LogP) is 7.15. The van der Waals surface area contributed by atoms with Crippen LogP contribution in [0.1, 0.15) is 80.6 Å². The Bertz CT molecular complexity index is 1090. The molecule has 0 aliphatic heterocycles. The van der Waals surface area contributed by atoms with E-state index in [4.69, 9.17) is 9.47 Å². The van der Waals surface area contributed by atoms with Crippen molar-refractivity contribution in [1.29, 1.82) is 0 Å². The van der Waals surface area contributed by atoms with Crippen molar-refractivity contribution in [3.8, 4) is 6.01 Å². The zero-order chi connectivity index (χ0) is 25.7. The standard InChI is InChI=1S/C25H28F6N2O3/c26-24(27,28)15-2-8-18(9-3-15)35-22(34)14-1-12-21-20(13-14)32-23(33(21)17-6-7-17)36-19-10-4-16(5-11-19)25(29,30)31/h1,12-13,15-19H,2-11H2. The Balaban J connectivity index is 1.26. The second-order valence-corrected chi connectivity index (χ2v) is 10.3. The first-order valence-corrected chi connectivity index (χ1v) is 12.5. The van der Waals surface area contributed by atoms with Gasteiger partial charge < -0.3 is 9.47 Å². The summed E-state index contributed by atoms with van der Waals surface area (Å²) >= 11 is 0. The number of benzene rings is 1. The molecule has 1 aromatic carbocycles. The molecule has 11 heteroatoms. The molecule has 36 heavy (non-hydrogen) atoms. The number of hydrogen-bond acceptors (Lipinski definition) is 4. The highest BCUT2D eigenvalue weighted by atomic mass is 19.4. The van der Waals surface area contributed by atoms with Crippen molar-refractivity contribution in [3.05, 3.63) is 23.8 Å². The third-order valence-corrected chi connectivity index (χ3v) is 7.62. The first kappa shape index (κ1) is 25.2. The molecule has 198 valence electrons. The number of carbonyl (C=O) groups is 1. The van der Waals surface area contributed by atoms with E-state index < -0.39 is 36.3 Å². The van der Waals surface area contributed by atoms with Crippen molar-refractivity contribution in [2.24, 2.45) is 11.8 Å². The summed E-state index contributed by atoms with van der Waals surface area (Å²) in [6.07, 6.45) is -6.57. The topological polar surface area (TPSA) is 53.4 Å². The van der Waals surface area contributed by atoms with Crippen LogP contribution in [0.15, 0.2) is 18.2 Å². The van der Waals surface area contributed by atoms with Crippen LogP contribution in [0.25, 0.3) is 11.0 Å². The highest BCUT2D eigenvalue weighted by molar-refractivity contribution is 5.94. The molecule has 0 radical (unpaired) electrons. The molecule has 3 saturated carbocycles. The summed E-state index contributed by atoms with van der Waals surface area (Å²) in [5.41, 5.74) is 1.52. The highest BCUT2D eigenvalue weighted by Crippen LogP contribution is 2.43. The van der Waals surface area contributed by atoms with Crippen molar-refractivity contribution in [3.63, 3.8) is 0 Å². The van der Waals surface area contributed by atoms with Gasteiger partial charge in [0.1, 0.15) is 12.2 Å². The quantitative estimate of drug-likeness (QED) is 0.312. The van der Waals surface area contributed by atoms with Gasteiger partial charge in [0.15, 0.2) is 0 Å². The molecule has 0 spiro atoms. The maximum Gasteiger partial charge on any atom is 0.391 e. The number of alkyl halides is 6. The van der Waals surface area contributed by atoms with Crippen LogP contribution in [0.2, 0.25) is 0 Å². The van der Waals surface area contributed by atoms with E-state index in [9.17, 15) is 31.1 Å². The molecule has 1 heterocycles. The van der Waals surface area contributed by atoms with E-state index in [2.05, 4.69) is 4.98 Å². The van der Waals surface area contributed by atoms with Crippen LogP contribution in [0, 0.1) is 11.8 Å². The number of aromatic nitrogens is 2. The van der Waals surface area contributed by atoms with Gasteiger partial charge >= 0.3 is 18.3 Å². The number of ether oxygens (including phenoxy) is 2. The minimum absolute atomic E-state index is 0.0265. The van der Waals surface area contributed by atoms with E-state index in [0.29, 0.717) is 24.4 Å². The number of rotatable bonds is 5. The van der Waals surface area contributed by atoms with Crippen LogP contribution in [0.5, 0.6) is 6.01 Å². The lowest BCUT2D eigenvalue weighted by Gasteiger charge is -2.29. The largest absolute Gasteiger partial charge is 0.461 e. The molecule has 0 saturated heterocycles. The Hall–Kier alpha value is -2.46. The third-order valence-electron chi connectivity index (χ3n) is 7.62. The Kier molecular flexibility index (Phi) is 6.61. The third kappa shape index (κ3) is 5.44. The van der Waals surface area contributed by atoms with E-state index >= 15 is 0 Å². The van der Waals surface area contributed by atoms with Gasteiger partial charge in [0.05, 0.1) is 28.4 Å². The molecule has 3 aliphatic carbocycles. The minimum atomic E-state index is -4.22. The van der Waals surface area contributed by atoms with Crippen molar-refractivity contribution in [2.75, 3.05) is 0 Å². The van der Waals surface area contributed by atoms with Crippen molar-refractivity contribution in [1.82, 2.24) is 9.55 Å². The second kappa shape index (κ2) is 9.45. The fourth-order valence-corrected chi connectivity index (χ4v) is 5.36. The molecule has 0 bridgehead atoms. The lowest BCUT2D eigenvalue weighted by molar-refractivity contribution is -0.186. The van der Waals surface area contributed by atoms with E-state index in [1.54, 1.807) is 18.2 Å². The van der Waals surface area contributed by atoms with Gasteiger partial charge in [-0.15, -0.1) is 0 Å². The molecule has 2 aromatic rings. The Morgan fingerprint density at radius 3 is 1.89 bits per heavy atom. The number of carbonyl (C=O) groups excluding carboxylic acids is 1. The van der Waals surface area contributed by atoms with Crippen LogP contribution in [-0.4, -0.2) is 40.1 Å². The van der Waals surface area contributed by atoms with E-state index in [0.717, 1.165) is 18.4 Å². The van der Waals surface area contributed by atoms with Crippen LogP contribution < -0.4 is 4.74 Å². The van der Waals surface area contributed by atoms with Crippen molar-refractivity contribution < 1.29 is 40.6 Å². The normalized spacial score (nSPS) is 27.7. The van der Waals surface area contributed by atoms with E-state index in [-0.39, 0.29) is 56.2 Å². The van der Waals surface area contributed by atoms with Gasteiger partial charge in [0.2, 0.25) is 0 Å². The maximum atomic E-state index is 13.0.